The van der Waals surface area contributed by atoms with Gasteiger partial charge in [0.05, 0.1) is 17.2 Å². The first-order valence-electron chi connectivity index (χ1n) is 7.15. The van der Waals surface area contributed by atoms with E-state index in [4.69, 9.17) is 0 Å². The molecule has 0 aliphatic carbocycles. The van der Waals surface area contributed by atoms with Crippen molar-refractivity contribution in [3.8, 4) is 0 Å². The molecule has 0 unspecified atom stereocenters. The van der Waals surface area contributed by atoms with Crippen LogP contribution in [0.25, 0.3) is 0 Å². The predicted octanol–water partition coefficient (Wildman–Crippen LogP) is 3.12. The number of hydrogen-bond donors (Lipinski definition) is 2. The van der Waals surface area contributed by atoms with Gasteiger partial charge >= 0.3 is 0 Å². The number of thiazole rings is 1. The maximum absolute atomic E-state index is 4.59. The molecule has 2 rings (SSSR count). The Bertz CT molecular complexity index is 553. The second-order valence-corrected chi connectivity index (χ2v) is 6.82. The van der Waals surface area contributed by atoms with Crippen molar-refractivity contribution in [3.63, 3.8) is 0 Å². The van der Waals surface area contributed by atoms with Gasteiger partial charge in [-0.15, -0.1) is 11.3 Å². The van der Waals surface area contributed by atoms with Gasteiger partial charge in [-0.2, -0.15) is 11.3 Å². The second-order valence-electron chi connectivity index (χ2n) is 4.75. The summed E-state index contributed by atoms with van der Waals surface area (Å²) in [7, 11) is 0. The third-order valence-electron chi connectivity index (χ3n) is 3.05. The lowest BCUT2D eigenvalue weighted by Gasteiger charge is -2.10. The molecule has 21 heavy (non-hydrogen) atoms. The zero-order valence-corrected chi connectivity index (χ0v) is 14.4. The highest BCUT2D eigenvalue weighted by Crippen LogP contribution is 2.16. The summed E-state index contributed by atoms with van der Waals surface area (Å²) in [5.74, 6) is 0.869. The van der Waals surface area contributed by atoms with E-state index in [9.17, 15) is 0 Å². The zero-order chi connectivity index (χ0) is 15.1. The Morgan fingerprint density at radius 1 is 1.33 bits per heavy atom. The monoisotopic (exact) mass is 322 g/mol. The van der Waals surface area contributed by atoms with Crippen LogP contribution in [0.4, 0.5) is 0 Å². The molecule has 2 aromatic heterocycles. The minimum atomic E-state index is 0.717. The van der Waals surface area contributed by atoms with E-state index in [-0.39, 0.29) is 0 Å². The zero-order valence-electron chi connectivity index (χ0n) is 12.8. The van der Waals surface area contributed by atoms with Crippen molar-refractivity contribution in [1.29, 1.82) is 0 Å². The van der Waals surface area contributed by atoms with Crippen LogP contribution in [0.2, 0.25) is 0 Å². The number of thiophene rings is 1. The fraction of sp³-hybridized carbons (Fsp3) is 0.467. The molecule has 0 amide bonds. The average Bonchev–Trinajstić information content (AvgIpc) is 3.07. The van der Waals surface area contributed by atoms with Gasteiger partial charge < -0.3 is 10.6 Å². The van der Waals surface area contributed by atoms with Crippen molar-refractivity contribution < 1.29 is 0 Å². The van der Waals surface area contributed by atoms with Crippen LogP contribution >= 0.6 is 22.7 Å². The molecule has 0 saturated heterocycles. The molecule has 0 bridgehead atoms. The summed E-state index contributed by atoms with van der Waals surface area (Å²) in [6.45, 7) is 8.70. The van der Waals surface area contributed by atoms with Crippen molar-refractivity contribution >= 4 is 28.6 Å². The first kappa shape index (κ1) is 16.0. The Labute approximate surface area is 134 Å². The van der Waals surface area contributed by atoms with Crippen molar-refractivity contribution in [3.05, 3.63) is 38.0 Å². The third kappa shape index (κ3) is 5.13. The maximum Gasteiger partial charge on any atom is 0.191 e. The number of rotatable bonds is 6. The van der Waals surface area contributed by atoms with Crippen LogP contribution in [-0.2, 0) is 13.0 Å². The van der Waals surface area contributed by atoms with Gasteiger partial charge in [0.2, 0.25) is 0 Å². The van der Waals surface area contributed by atoms with Gasteiger partial charge in [0, 0.05) is 24.4 Å². The van der Waals surface area contributed by atoms with E-state index < -0.39 is 0 Å². The summed E-state index contributed by atoms with van der Waals surface area (Å²) < 4.78 is 0. The van der Waals surface area contributed by atoms with Gasteiger partial charge in [0.15, 0.2) is 5.96 Å². The summed E-state index contributed by atoms with van der Waals surface area (Å²) in [5.41, 5.74) is 2.40. The molecule has 0 radical (unpaired) electrons. The van der Waals surface area contributed by atoms with E-state index in [1.165, 1.54) is 15.4 Å². The third-order valence-corrected chi connectivity index (χ3v) is 4.91. The molecule has 0 spiro atoms. The van der Waals surface area contributed by atoms with Gasteiger partial charge in [-0.25, -0.2) is 9.98 Å². The van der Waals surface area contributed by atoms with Crippen LogP contribution in [0.3, 0.4) is 0 Å². The predicted molar refractivity (Wildman–Crippen MR) is 92.4 cm³/mol. The van der Waals surface area contributed by atoms with Crippen molar-refractivity contribution in [2.45, 2.75) is 33.7 Å². The van der Waals surface area contributed by atoms with Crippen molar-refractivity contribution in [2.75, 3.05) is 13.1 Å². The number of nitrogens with zero attached hydrogens (tertiary/aromatic N) is 2. The van der Waals surface area contributed by atoms with Crippen LogP contribution in [0.15, 0.2) is 21.8 Å². The standard InChI is InChI=1S/C15H22N4S2/c1-4-16-15(18-9-13-6-8-20-10-13)17-7-5-14-19-11(2)12(3)21-14/h6,8,10H,4-5,7,9H2,1-3H3,(H2,16,17,18). The van der Waals surface area contributed by atoms with Gasteiger partial charge in [0.25, 0.3) is 0 Å². The molecule has 0 fully saturated rings. The fourth-order valence-electron chi connectivity index (χ4n) is 1.83. The molecule has 0 saturated carbocycles. The van der Waals surface area contributed by atoms with E-state index in [2.05, 4.69) is 58.2 Å². The van der Waals surface area contributed by atoms with Crippen molar-refractivity contribution in [1.82, 2.24) is 15.6 Å². The lowest BCUT2D eigenvalue weighted by Crippen LogP contribution is -2.38. The second kappa shape index (κ2) is 8.14. The smallest absolute Gasteiger partial charge is 0.191 e. The highest BCUT2D eigenvalue weighted by Gasteiger charge is 2.04. The maximum atomic E-state index is 4.59. The first-order chi connectivity index (χ1) is 10.2. The summed E-state index contributed by atoms with van der Waals surface area (Å²) in [6.07, 6.45) is 0.933. The van der Waals surface area contributed by atoms with E-state index >= 15 is 0 Å². The normalized spacial score (nSPS) is 11.7. The summed E-state index contributed by atoms with van der Waals surface area (Å²) in [6, 6.07) is 2.11. The summed E-state index contributed by atoms with van der Waals surface area (Å²) >= 11 is 3.49. The summed E-state index contributed by atoms with van der Waals surface area (Å²) in [5, 5.41) is 12.0. The summed E-state index contributed by atoms with van der Waals surface area (Å²) in [4.78, 5) is 10.5. The van der Waals surface area contributed by atoms with Crippen LogP contribution in [-0.4, -0.2) is 24.0 Å². The first-order valence-corrected chi connectivity index (χ1v) is 8.91. The molecule has 114 valence electrons. The van der Waals surface area contributed by atoms with Crippen molar-refractivity contribution in [2.24, 2.45) is 4.99 Å². The number of aromatic nitrogens is 1. The molecule has 2 aromatic rings. The number of hydrogen-bond acceptors (Lipinski definition) is 4. The molecule has 0 atom stereocenters. The quantitative estimate of drug-likeness (QED) is 0.634. The van der Waals surface area contributed by atoms with Gasteiger partial charge in [0.1, 0.15) is 0 Å². The largest absolute Gasteiger partial charge is 0.357 e. The number of aryl methyl sites for hydroxylation is 2. The topological polar surface area (TPSA) is 49.3 Å². The molecule has 6 heteroatoms. The lowest BCUT2D eigenvalue weighted by atomic mass is 10.3. The van der Waals surface area contributed by atoms with Gasteiger partial charge in [-0.3, -0.25) is 0 Å². The van der Waals surface area contributed by atoms with Gasteiger partial charge in [-0.05, 0) is 43.2 Å². The molecule has 4 nitrogen and oxygen atoms in total. The fourth-order valence-corrected chi connectivity index (χ4v) is 3.42. The molecule has 2 N–H and O–H groups in total. The van der Waals surface area contributed by atoms with Crippen LogP contribution in [0.1, 0.15) is 28.1 Å². The lowest BCUT2D eigenvalue weighted by molar-refractivity contribution is 0.795. The van der Waals surface area contributed by atoms with Crippen LogP contribution < -0.4 is 10.6 Å². The Hall–Kier alpha value is -1.40. The average molecular weight is 323 g/mol. The van der Waals surface area contributed by atoms with Crippen LogP contribution in [0, 0.1) is 13.8 Å². The number of aliphatic imine (C=N–C) groups is 1. The molecule has 0 aromatic carbocycles. The van der Waals surface area contributed by atoms with Gasteiger partial charge in [-0.1, -0.05) is 0 Å². The molecular formula is C15H22N4S2. The minimum absolute atomic E-state index is 0.717. The SMILES string of the molecule is CCNC(=NCc1ccsc1)NCCc1nc(C)c(C)s1. The van der Waals surface area contributed by atoms with E-state index in [0.29, 0.717) is 6.54 Å². The van der Waals surface area contributed by atoms with E-state index in [1.54, 1.807) is 22.7 Å². The Balaban J connectivity index is 1.83. The van der Waals surface area contributed by atoms with Crippen LogP contribution in [0.5, 0.6) is 0 Å². The minimum Gasteiger partial charge on any atom is -0.357 e. The highest BCUT2D eigenvalue weighted by molar-refractivity contribution is 7.11. The van der Waals surface area contributed by atoms with E-state index in [1.807, 2.05) is 0 Å². The number of nitrogens with one attached hydrogen (secondary N) is 2. The Morgan fingerprint density at radius 3 is 2.81 bits per heavy atom. The Morgan fingerprint density at radius 2 is 2.19 bits per heavy atom. The molecular weight excluding hydrogens is 300 g/mol. The molecule has 0 aliphatic rings. The van der Waals surface area contributed by atoms with E-state index in [0.717, 1.165) is 31.2 Å². The highest BCUT2D eigenvalue weighted by atomic mass is 32.1. The molecule has 2 heterocycles. The Kier molecular flexibility index (Phi) is 6.20. The number of guanidine groups is 1. The molecule has 0 aliphatic heterocycles.